The molecule has 76 valence electrons. The van der Waals surface area contributed by atoms with Gasteiger partial charge in [-0.15, -0.1) is 0 Å². The number of aliphatic hydroxyl groups excluding tert-OH is 1. The lowest BCUT2D eigenvalue weighted by molar-refractivity contribution is -0.141. The fourth-order valence-corrected chi connectivity index (χ4v) is 1.56. The average molecular weight is 205 g/mol. The Morgan fingerprint density at radius 2 is 2.46 bits per heavy atom. The molecule has 1 aliphatic rings. The summed E-state index contributed by atoms with van der Waals surface area (Å²) in [6, 6.07) is -0.166. The molecule has 0 aliphatic carbocycles. The molecule has 1 saturated heterocycles. The maximum atomic E-state index is 11.5. The van der Waals surface area contributed by atoms with Gasteiger partial charge in [-0.1, -0.05) is 0 Å². The van der Waals surface area contributed by atoms with Crippen molar-refractivity contribution < 1.29 is 14.6 Å². The molecule has 0 bridgehead atoms. The van der Waals surface area contributed by atoms with Crippen LogP contribution in [0.5, 0.6) is 0 Å². The standard InChI is InChI=1S/C8H15NO3S/c10-5-7-6-12-3-2-9(7)8(11)1-4-13/h7,10,13H,1-6H2. The van der Waals surface area contributed by atoms with Crippen LogP contribution in [0.4, 0.5) is 0 Å². The van der Waals surface area contributed by atoms with Gasteiger partial charge in [-0.2, -0.15) is 12.6 Å². The lowest BCUT2D eigenvalue weighted by Crippen LogP contribution is -2.50. The van der Waals surface area contributed by atoms with Crippen molar-refractivity contribution in [1.82, 2.24) is 4.90 Å². The number of carbonyl (C=O) groups is 1. The number of thiol groups is 1. The molecule has 1 fully saturated rings. The van der Waals surface area contributed by atoms with E-state index in [2.05, 4.69) is 12.6 Å². The molecule has 1 N–H and O–H groups in total. The lowest BCUT2D eigenvalue weighted by atomic mass is 10.2. The Kier molecular flexibility index (Phi) is 4.55. The van der Waals surface area contributed by atoms with Crippen LogP contribution in [0, 0.1) is 0 Å². The maximum absolute atomic E-state index is 11.5. The largest absolute Gasteiger partial charge is 0.394 e. The van der Waals surface area contributed by atoms with Gasteiger partial charge in [0, 0.05) is 13.0 Å². The first-order valence-corrected chi connectivity index (χ1v) is 5.01. The average Bonchev–Trinajstić information content (AvgIpc) is 2.18. The van der Waals surface area contributed by atoms with Gasteiger partial charge in [0.25, 0.3) is 0 Å². The minimum absolute atomic E-state index is 0.0295. The summed E-state index contributed by atoms with van der Waals surface area (Å²) >= 11 is 4.00. The highest BCUT2D eigenvalue weighted by molar-refractivity contribution is 7.80. The molecule has 1 atom stereocenters. The minimum Gasteiger partial charge on any atom is -0.394 e. The third-order valence-corrected chi connectivity index (χ3v) is 2.31. The van der Waals surface area contributed by atoms with Crippen LogP contribution in [0.1, 0.15) is 6.42 Å². The summed E-state index contributed by atoms with van der Waals surface area (Å²) in [5.41, 5.74) is 0. The van der Waals surface area contributed by atoms with E-state index in [0.29, 0.717) is 31.9 Å². The zero-order chi connectivity index (χ0) is 9.68. The first kappa shape index (κ1) is 10.8. The number of ether oxygens (including phenoxy) is 1. The van der Waals surface area contributed by atoms with Crippen molar-refractivity contribution in [1.29, 1.82) is 0 Å². The molecule has 1 rings (SSSR count). The predicted molar refractivity (Wildman–Crippen MR) is 51.9 cm³/mol. The number of nitrogens with zero attached hydrogens (tertiary/aromatic N) is 1. The van der Waals surface area contributed by atoms with Crippen molar-refractivity contribution in [3.8, 4) is 0 Å². The van der Waals surface area contributed by atoms with E-state index < -0.39 is 0 Å². The van der Waals surface area contributed by atoms with Gasteiger partial charge in [0.05, 0.1) is 25.9 Å². The second-order valence-corrected chi connectivity index (χ2v) is 3.42. The van der Waals surface area contributed by atoms with Crippen LogP contribution in [0.25, 0.3) is 0 Å². The van der Waals surface area contributed by atoms with Crippen molar-refractivity contribution in [2.45, 2.75) is 12.5 Å². The van der Waals surface area contributed by atoms with E-state index in [0.717, 1.165) is 0 Å². The summed E-state index contributed by atoms with van der Waals surface area (Å²) < 4.78 is 5.16. The third-order valence-electron chi connectivity index (χ3n) is 2.08. The maximum Gasteiger partial charge on any atom is 0.223 e. The Morgan fingerprint density at radius 1 is 1.69 bits per heavy atom. The fraction of sp³-hybridized carbons (Fsp3) is 0.875. The highest BCUT2D eigenvalue weighted by Gasteiger charge is 2.25. The van der Waals surface area contributed by atoms with E-state index in [1.54, 1.807) is 4.90 Å². The summed E-state index contributed by atoms with van der Waals surface area (Å²) in [6.07, 6.45) is 0.430. The monoisotopic (exact) mass is 205 g/mol. The first-order valence-electron chi connectivity index (χ1n) is 4.38. The van der Waals surface area contributed by atoms with E-state index in [9.17, 15) is 4.79 Å². The summed E-state index contributed by atoms with van der Waals surface area (Å²) in [5.74, 6) is 0.603. The summed E-state index contributed by atoms with van der Waals surface area (Å²) in [5, 5.41) is 8.99. The molecule has 0 aromatic heterocycles. The fourth-order valence-electron chi connectivity index (χ4n) is 1.37. The second-order valence-electron chi connectivity index (χ2n) is 2.97. The molecule has 0 radical (unpaired) electrons. The van der Waals surface area contributed by atoms with Gasteiger partial charge < -0.3 is 14.7 Å². The molecule has 1 aliphatic heterocycles. The topological polar surface area (TPSA) is 49.8 Å². The van der Waals surface area contributed by atoms with E-state index in [1.807, 2.05) is 0 Å². The van der Waals surface area contributed by atoms with Crippen molar-refractivity contribution in [3.05, 3.63) is 0 Å². The van der Waals surface area contributed by atoms with E-state index >= 15 is 0 Å². The van der Waals surface area contributed by atoms with Crippen LogP contribution in [-0.2, 0) is 9.53 Å². The van der Waals surface area contributed by atoms with Crippen LogP contribution in [0.15, 0.2) is 0 Å². The molecule has 0 aromatic carbocycles. The highest BCUT2D eigenvalue weighted by atomic mass is 32.1. The number of aliphatic hydroxyl groups is 1. The summed E-state index contributed by atoms with van der Waals surface area (Å²) in [7, 11) is 0. The number of carbonyl (C=O) groups excluding carboxylic acids is 1. The van der Waals surface area contributed by atoms with Gasteiger partial charge in [0.2, 0.25) is 5.91 Å². The summed E-state index contributed by atoms with van der Waals surface area (Å²) in [6.45, 7) is 1.56. The molecule has 4 nitrogen and oxygen atoms in total. The van der Waals surface area contributed by atoms with Crippen LogP contribution < -0.4 is 0 Å². The van der Waals surface area contributed by atoms with Crippen LogP contribution >= 0.6 is 12.6 Å². The van der Waals surface area contributed by atoms with Crippen LogP contribution in [0.2, 0.25) is 0 Å². The Morgan fingerprint density at radius 3 is 3.08 bits per heavy atom. The first-order chi connectivity index (χ1) is 6.29. The van der Waals surface area contributed by atoms with Gasteiger partial charge in [0.1, 0.15) is 0 Å². The highest BCUT2D eigenvalue weighted by Crippen LogP contribution is 2.08. The molecule has 0 aromatic rings. The molecule has 1 unspecified atom stereocenters. The molecule has 13 heavy (non-hydrogen) atoms. The van der Waals surface area contributed by atoms with E-state index in [4.69, 9.17) is 9.84 Å². The molecule has 0 spiro atoms. The smallest absolute Gasteiger partial charge is 0.223 e. The van der Waals surface area contributed by atoms with Crippen molar-refractivity contribution in [2.75, 3.05) is 32.1 Å². The SMILES string of the molecule is O=C(CCS)N1CCOCC1CO. The quantitative estimate of drug-likeness (QED) is 0.612. The van der Waals surface area contributed by atoms with Gasteiger partial charge in [-0.3, -0.25) is 4.79 Å². The van der Waals surface area contributed by atoms with Gasteiger partial charge >= 0.3 is 0 Å². The molecule has 1 amide bonds. The Hall–Kier alpha value is -0.260. The van der Waals surface area contributed by atoms with Crippen molar-refractivity contribution in [3.63, 3.8) is 0 Å². The Labute approximate surface area is 83.3 Å². The number of hydrogen-bond acceptors (Lipinski definition) is 4. The molecular formula is C8H15NO3S. The number of hydrogen-bond donors (Lipinski definition) is 2. The summed E-state index contributed by atoms with van der Waals surface area (Å²) in [4.78, 5) is 13.2. The van der Waals surface area contributed by atoms with Gasteiger partial charge in [-0.05, 0) is 5.75 Å². The Balaban J connectivity index is 2.48. The zero-order valence-corrected chi connectivity index (χ0v) is 8.37. The zero-order valence-electron chi connectivity index (χ0n) is 7.48. The van der Waals surface area contributed by atoms with E-state index in [-0.39, 0.29) is 18.6 Å². The van der Waals surface area contributed by atoms with Crippen molar-refractivity contribution in [2.24, 2.45) is 0 Å². The number of amides is 1. The van der Waals surface area contributed by atoms with Gasteiger partial charge in [-0.25, -0.2) is 0 Å². The third kappa shape index (κ3) is 2.86. The van der Waals surface area contributed by atoms with Crippen LogP contribution in [0.3, 0.4) is 0 Å². The second kappa shape index (κ2) is 5.47. The Bertz CT molecular complexity index is 177. The van der Waals surface area contributed by atoms with E-state index in [1.165, 1.54) is 0 Å². The van der Waals surface area contributed by atoms with Crippen molar-refractivity contribution >= 4 is 18.5 Å². The minimum atomic E-state index is -0.166. The van der Waals surface area contributed by atoms with Gasteiger partial charge in [0.15, 0.2) is 0 Å². The molecule has 0 saturated carbocycles. The number of rotatable bonds is 3. The molecule has 5 heteroatoms. The molecular weight excluding hydrogens is 190 g/mol. The predicted octanol–water partition coefficient (Wildman–Crippen LogP) is -0.474. The normalized spacial score (nSPS) is 23.2. The molecule has 1 heterocycles. The lowest BCUT2D eigenvalue weighted by Gasteiger charge is -2.34. The van der Waals surface area contributed by atoms with Crippen LogP contribution in [-0.4, -0.2) is 54.1 Å². The number of morpholine rings is 1.